The molecule has 1 unspecified atom stereocenters. The van der Waals surface area contributed by atoms with Gasteiger partial charge in [0.05, 0.1) is 0 Å². The number of hydrogen-bond acceptors (Lipinski definition) is 2. The highest BCUT2D eigenvalue weighted by Gasteiger charge is 2.15. The van der Waals surface area contributed by atoms with E-state index in [2.05, 4.69) is 29.7 Å². The molecule has 0 aromatic heterocycles. The minimum Gasteiger partial charge on any atom is -0.271 e. The van der Waals surface area contributed by atoms with E-state index in [4.69, 9.17) is 5.84 Å². The Morgan fingerprint density at radius 2 is 1.92 bits per heavy atom. The van der Waals surface area contributed by atoms with Crippen molar-refractivity contribution >= 4 is 12.4 Å². The summed E-state index contributed by atoms with van der Waals surface area (Å²) in [5, 5.41) is 0. The lowest BCUT2D eigenvalue weighted by Crippen LogP contribution is -2.39. The minimum atomic E-state index is 0. The van der Waals surface area contributed by atoms with E-state index in [0.29, 0.717) is 6.04 Å². The number of nitrogens with two attached hydrogens (primary N) is 1. The van der Waals surface area contributed by atoms with Crippen molar-refractivity contribution in [3.8, 4) is 0 Å². The number of aryl methyl sites for hydroxylation is 1. The summed E-state index contributed by atoms with van der Waals surface area (Å²) in [5.74, 6) is 5.41. The number of rotatable bonds is 1. The topological polar surface area (TPSA) is 38.0 Å². The Morgan fingerprint density at radius 3 is 2.62 bits per heavy atom. The molecule has 3 heteroatoms. The lowest BCUT2D eigenvalue weighted by atomic mass is 9.89. The Morgan fingerprint density at radius 1 is 1.23 bits per heavy atom. The van der Waals surface area contributed by atoms with E-state index in [-0.39, 0.29) is 12.4 Å². The number of hydrazine groups is 1. The molecule has 1 aromatic carbocycles. The van der Waals surface area contributed by atoms with Gasteiger partial charge in [0.15, 0.2) is 0 Å². The van der Waals surface area contributed by atoms with Crippen LogP contribution >= 0.6 is 12.4 Å². The molecule has 0 amide bonds. The van der Waals surface area contributed by atoms with Gasteiger partial charge in [0.25, 0.3) is 0 Å². The summed E-state index contributed by atoms with van der Waals surface area (Å²) in [6, 6.07) is 9.08. The highest BCUT2D eigenvalue weighted by molar-refractivity contribution is 5.85. The molecule has 0 aliphatic heterocycles. The predicted octanol–water partition coefficient (Wildman–Crippen LogP) is 1.43. The van der Waals surface area contributed by atoms with Crippen molar-refractivity contribution in [2.45, 2.75) is 25.3 Å². The van der Waals surface area contributed by atoms with Crippen molar-refractivity contribution in [1.29, 1.82) is 0 Å². The number of hydrogen-bond donors (Lipinski definition) is 2. The fourth-order valence-corrected chi connectivity index (χ4v) is 1.84. The van der Waals surface area contributed by atoms with Gasteiger partial charge in [-0.25, -0.2) is 0 Å². The second kappa shape index (κ2) is 4.61. The van der Waals surface area contributed by atoms with Gasteiger partial charge in [0.2, 0.25) is 0 Å². The summed E-state index contributed by atoms with van der Waals surface area (Å²) in [6.07, 6.45) is 3.39. The standard InChI is InChI=1S/C10H14N2.ClH/c11-12-10-6-5-8-3-1-2-4-9(8)7-10;/h1-4,10,12H,5-7,11H2;1H. The summed E-state index contributed by atoms with van der Waals surface area (Å²) >= 11 is 0. The van der Waals surface area contributed by atoms with Crippen molar-refractivity contribution in [2.75, 3.05) is 0 Å². The zero-order valence-electron chi connectivity index (χ0n) is 7.49. The quantitative estimate of drug-likeness (QED) is 0.529. The molecule has 0 fully saturated rings. The average molecular weight is 199 g/mol. The third-order valence-corrected chi connectivity index (χ3v) is 2.58. The van der Waals surface area contributed by atoms with Gasteiger partial charge in [-0.2, -0.15) is 0 Å². The molecule has 0 saturated heterocycles. The van der Waals surface area contributed by atoms with Gasteiger partial charge in [0, 0.05) is 6.04 Å². The Hall–Kier alpha value is -0.570. The Balaban J connectivity index is 0.000000845. The first kappa shape index (κ1) is 10.5. The molecular weight excluding hydrogens is 184 g/mol. The van der Waals surface area contributed by atoms with E-state index in [0.717, 1.165) is 19.3 Å². The van der Waals surface area contributed by atoms with Crippen LogP contribution in [0.15, 0.2) is 24.3 Å². The van der Waals surface area contributed by atoms with E-state index in [1.54, 1.807) is 0 Å². The average Bonchev–Trinajstić information content (AvgIpc) is 2.17. The second-order valence-electron chi connectivity index (χ2n) is 3.38. The van der Waals surface area contributed by atoms with E-state index < -0.39 is 0 Å². The maximum atomic E-state index is 5.41. The molecule has 2 rings (SSSR count). The molecule has 72 valence electrons. The van der Waals surface area contributed by atoms with Gasteiger partial charge in [-0.3, -0.25) is 11.3 Å². The van der Waals surface area contributed by atoms with Crippen LogP contribution in [0.3, 0.4) is 0 Å². The van der Waals surface area contributed by atoms with Crippen LogP contribution in [-0.4, -0.2) is 6.04 Å². The first-order chi connectivity index (χ1) is 5.90. The van der Waals surface area contributed by atoms with Gasteiger partial charge >= 0.3 is 0 Å². The SMILES string of the molecule is Cl.NNC1CCc2ccccc2C1. The molecule has 2 nitrogen and oxygen atoms in total. The van der Waals surface area contributed by atoms with Crippen LogP contribution in [0.5, 0.6) is 0 Å². The van der Waals surface area contributed by atoms with E-state index >= 15 is 0 Å². The van der Waals surface area contributed by atoms with Crippen molar-refractivity contribution in [2.24, 2.45) is 5.84 Å². The summed E-state index contributed by atoms with van der Waals surface area (Å²) in [4.78, 5) is 0. The van der Waals surface area contributed by atoms with E-state index in [9.17, 15) is 0 Å². The van der Waals surface area contributed by atoms with Gasteiger partial charge in [0.1, 0.15) is 0 Å². The molecule has 0 bridgehead atoms. The maximum absolute atomic E-state index is 5.41. The third-order valence-electron chi connectivity index (χ3n) is 2.58. The molecule has 0 spiro atoms. The van der Waals surface area contributed by atoms with Crippen LogP contribution in [0, 0.1) is 0 Å². The number of nitrogens with one attached hydrogen (secondary N) is 1. The fourth-order valence-electron chi connectivity index (χ4n) is 1.84. The summed E-state index contributed by atoms with van der Waals surface area (Å²) in [7, 11) is 0. The molecular formula is C10H15ClN2. The molecule has 1 aliphatic carbocycles. The van der Waals surface area contributed by atoms with Crippen LogP contribution in [-0.2, 0) is 12.8 Å². The maximum Gasteiger partial charge on any atom is 0.0254 e. The normalized spacial score (nSPS) is 20.2. The van der Waals surface area contributed by atoms with Crippen molar-refractivity contribution in [1.82, 2.24) is 5.43 Å². The molecule has 1 aliphatic rings. The molecule has 0 radical (unpaired) electrons. The smallest absolute Gasteiger partial charge is 0.0254 e. The highest BCUT2D eigenvalue weighted by atomic mass is 35.5. The second-order valence-corrected chi connectivity index (χ2v) is 3.38. The fraction of sp³-hybridized carbons (Fsp3) is 0.400. The minimum absolute atomic E-state index is 0. The van der Waals surface area contributed by atoms with Gasteiger partial charge in [-0.05, 0) is 30.4 Å². The Bertz CT molecular complexity index is 275. The molecule has 0 saturated carbocycles. The largest absolute Gasteiger partial charge is 0.271 e. The van der Waals surface area contributed by atoms with Gasteiger partial charge in [-0.15, -0.1) is 12.4 Å². The van der Waals surface area contributed by atoms with Crippen molar-refractivity contribution < 1.29 is 0 Å². The van der Waals surface area contributed by atoms with Crippen LogP contribution < -0.4 is 11.3 Å². The molecule has 1 atom stereocenters. The molecule has 0 heterocycles. The number of halogens is 1. The van der Waals surface area contributed by atoms with Crippen molar-refractivity contribution in [3.05, 3.63) is 35.4 Å². The Kier molecular flexibility index (Phi) is 3.72. The zero-order chi connectivity index (χ0) is 8.39. The van der Waals surface area contributed by atoms with E-state index in [1.165, 1.54) is 11.1 Å². The lowest BCUT2D eigenvalue weighted by molar-refractivity contribution is 0.470. The molecule has 1 aromatic rings. The monoisotopic (exact) mass is 198 g/mol. The first-order valence-electron chi connectivity index (χ1n) is 4.43. The summed E-state index contributed by atoms with van der Waals surface area (Å²) in [6.45, 7) is 0. The van der Waals surface area contributed by atoms with Crippen LogP contribution in [0.25, 0.3) is 0 Å². The first-order valence-corrected chi connectivity index (χ1v) is 4.43. The molecule has 3 N–H and O–H groups in total. The predicted molar refractivity (Wildman–Crippen MR) is 56.8 cm³/mol. The lowest BCUT2D eigenvalue weighted by Gasteiger charge is -2.23. The summed E-state index contributed by atoms with van der Waals surface area (Å²) < 4.78 is 0. The molecule has 13 heavy (non-hydrogen) atoms. The van der Waals surface area contributed by atoms with Crippen LogP contribution in [0.4, 0.5) is 0 Å². The van der Waals surface area contributed by atoms with Gasteiger partial charge in [-0.1, -0.05) is 24.3 Å². The van der Waals surface area contributed by atoms with E-state index in [1.807, 2.05) is 0 Å². The number of benzene rings is 1. The van der Waals surface area contributed by atoms with Crippen LogP contribution in [0.1, 0.15) is 17.5 Å². The highest BCUT2D eigenvalue weighted by Crippen LogP contribution is 2.20. The summed E-state index contributed by atoms with van der Waals surface area (Å²) in [5.41, 5.74) is 5.79. The van der Waals surface area contributed by atoms with Crippen molar-refractivity contribution in [3.63, 3.8) is 0 Å². The number of fused-ring (bicyclic) bond motifs is 1. The van der Waals surface area contributed by atoms with Gasteiger partial charge < -0.3 is 0 Å². The van der Waals surface area contributed by atoms with Crippen LogP contribution in [0.2, 0.25) is 0 Å². The zero-order valence-corrected chi connectivity index (χ0v) is 8.31. The third kappa shape index (κ3) is 2.21. The Labute approximate surface area is 84.9 Å².